The molecule has 4 nitrogen and oxygen atoms in total. The van der Waals surface area contributed by atoms with Crippen molar-refractivity contribution in [3.05, 3.63) is 275 Å². The second-order valence-electron chi connectivity index (χ2n) is 38.4. The maximum atomic E-state index is 7.32. The van der Waals surface area contributed by atoms with Gasteiger partial charge in [-0.2, -0.15) is 0 Å². The Morgan fingerprint density at radius 3 is 0.828 bits per heavy atom. The van der Waals surface area contributed by atoms with Crippen LogP contribution in [0, 0.1) is 0 Å². The van der Waals surface area contributed by atoms with Crippen LogP contribution in [0.25, 0.3) is 177 Å². The van der Waals surface area contributed by atoms with Crippen LogP contribution in [0.5, 0.6) is 0 Å². The molecular formula is C118H118O4. The summed E-state index contributed by atoms with van der Waals surface area (Å²) < 4.78 is 29.0. The summed E-state index contributed by atoms with van der Waals surface area (Å²) >= 11 is 0. The monoisotopic (exact) mass is 1600 g/mol. The van der Waals surface area contributed by atoms with Crippen molar-refractivity contribution in [2.24, 2.45) is 0 Å². The fourth-order valence-electron chi connectivity index (χ4n) is 23.8. The third-order valence-electron chi connectivity index (χ3n) is 30.3. The fraction of sp³-hybridized carbons (Fsp3) is 0.339. The van der Waals surface area contributed by atoms with Gasteiger partial charge in [0.15, 0.2) is 0 Å². The number of hydrogen-bond acceptors (Lipinski definition) is 4. The van der Waals surface area contributed by atoms with Gasteiger partial charge >= 0.3 is 0 Å². The topological polar surface area (TPSA) is 52.6 Å². The maximum absolute atomic E-state index is 7.32. The van der Waals surface area contributed by atoms with Crippen LogP contribution in [-0.4, -0.2) is 0 Å². The van der Waals surface area contributed by atoms with E-state index in [1.54, 1.807) is 22.3 Å². The minimum absolute atomic E-state index is 0.0206. The Kier molecular flexibility index (Phi) is 20.4. The van der Waals surface area contributed by atoms with Crippen molar-refractivity contribution in [2.75, 3.05) is 0 Å². The molecule has 0 radical (unpaired) electrons. The summed E-state index contributed by atoms with van der Waals surface area (Å²) in [6, 6.07) is 89.0. The Labute approximate surface area is 721 Å². The van der Waals surface area contributed by atoms with Crippen LogP contribution in [0.2, 0.25) is 0 Å². The smallest absolute Gasteiger partial charge is 0.144 e. The van der Waals surface area contributed by atoms with Crippen molar-refractivity contribution in [1.82, 2.24) is 0 Å². The maximum Gasteiger partial charge on any atom is 0.144 e. The largest absolute Gasteiger partial charge is 0.456 e. The number of unbranched alkanes of at least 4 members (excludes halogenated alkanes) is 20. The Hall–Kier alpha value is -10.9. The number of furan rings is 4. The van der Waals surface area contributed by atoms with Gasteiger partial charge in [0, 0.05) is 75.9 Å². The summed E-state index contributed by atoms with van der Waals surface area (Å²) in [7, 11) is 0. The van der Waals surface area contributed by atoms with E-state index in [0.717, 1.165) is 110 Å². The second-order valence-corrected chi connectivity index (χ2v) is 38.4. The first-order valence-electron chi connectivity index (χ1n) is 47.4. The number of hydrogen-bond donors (Lipinski definition) is 0. The van der Waals surface area contributed by atoms with Crippen LogP contribution >= 0.6 is 0 Å². The Bertz CT molecular complexity index is 6480. The van der Waals surface area contributed by atoms with Crippen molar-refractivity contribution in [3.8, 4) is 89.0 Å². The molecule has 4 aromatic heterocycles. The zero-order valence-corrected chi connectivity index (χ0v) is 73.4. The average Bonchev–Trinajstić information content (AvgIpc) is 1.62. The molecule has 17 aromatic rings. The van der Waals surface area contributed by atoms with Gasteiger partial charge in [-0.1, -0.05) is 367 Å². The zero-order valence-electron chi connectivity index (χ0n) is 73.4. The quantitative estimate of drug-likeness (QED) is 0.0394. The van der Waals surface area contributed by atoms with Gasteiger partial charge in [0.25, 0.3) is 0 Å². The molecule has 0 N–H and O–H groups in total. The van der Waals surface area contributed by atoms with Crippen LogP contribution in [0.15, 0.2) is 248 Å². The zero-order chi connectivity index (χ0) is 82.6. The molecule has 0 atom stereocenters. The van der Waals surface area contributed by atoms with E-state index >= 15 is 0 Å². The highest BCUT2D eigenvalue weighted by atomic mass is 16.3. The molecule has 0 spiro atoms. The first-order chi connectivity index (χ1) is 59.8. The summed E-state index contributed by atoms with van der Waals surface area (Å²) in [5.74, 6) is 0. The Morgan fingerprint density at radius 2 is 0.475 bits per heavy atom. The SMILES string of the molecule is CCCCCCCCC1(CCCCCCCC)c2ccccc2-c2ccc(-c3ccc4c(c3)C(C)(C)c3cc(-c5cc6oc7cc8c(cc7c6c6c5oc5ccccc56)oc5cc(-c6ccc7c(c6)C(C)(C)c6cc(-c9ccc%10c(c9)C(CCCCCCCC)(CCCCCCCC)c9ccccc9-%10)ccc6-7)c6oc7ccccc7c6c58)ccc3-4)cc21. The molecule has 4 aliphatic rings. The summed E-state index contributed by atoms with van der Waals surface area (Å²) in [6.45, 7) is 19.0. The molecule has 4 heteroatoms. The Morgan fingerprint density at radius 1 is 0.197 bits per heavy atom. The van der Waals surface area contributed by atoms with E-state index in [4.69, 9.17) is 17.7 Å². The number of rotatable bonds is 32. The van der Waals surface area contributed by atoms with Gasteiger partial charge in [-0.05, 0) is 221 Å². The number of para-hydroxylation sites is 2. The predicted octanol–water partition coefficient (Wildman–Crippen LogP) is 36.1. The van der Waals surface area contributed by atoms with E-state index < -0.39 is 0 Å². The van der Waals surface area contributed by atoms with Crippen molar-refractivity contribution in [3.63, 3.8) is 0 Å². The summed E-state index contributed by atoms with van der Waals surface area (Å²) in [6.07, 6.45) is 36.3. The lowest BCUT2D eigenvalue weighted by Crippen LogP contribution is -2.25. The average molecular weight is 1600 g/mol. The van der Waals surface area contributed by atoms with Gasteiger partial charge in [-0.25, -0.2) is 0 Å². The van der Waals surface area contributed by atoms with Gasteiger partial charge in [-0.3, -0.25) is 0 Å². The van der Waals surface area contributed by atoms with Gasteiger partial charge < -0.3 is 17.7 Å². The van der Waals surface area contributed by atoms with Crippen molar-refractivity contribution in [2.45, 2.75) is 257 Å². The lowest BCUT2D eigenvalue weighted by atomic mass is 9.70. The molecule has 0 unspecified atom stereocenters. The molecule has 0 amide bonds. The molecule has 614 valence electrons. The minimum Gasteiger partial charge on any atom is -0.456 e. The third kappa shape index (κ3) is 12.8. The van der Waals surface area contributed by atoms with Crippen LogP contribution in [0.4, 0.5) is 0 Å². The van der Waals surface area contributed by atoms with Gasteiger partial charge in [0.05, 0.1) is 0 Å². The fourth-order valence-corrected chi connectivity index (χ4v) is 23.8. The summed E-state index contributed by atoms with van der Waals surface area (Å²) in [5.41, 5.74) is 38.1. The molecule has 0 saturated carbocycles. The summed E-state index contributed by atoms with van der Waals surface area (Å²) in [4.78, 5) is 0. The van der Waals surface area contributed by atoms with Gasteiger partial charge in [0.2, 0.25) is 0 Å². The highest BCUT2D eigenvalue weighted by Crippen LogP contribution is 2.61. The van der Waals surface area contributed by atoms with E-state index in [1.165, 1.54) is 269 Å². The van der Waals surface area contributed by atoms with Crippen LogP contribution < -0.4 is 0 Å². The molecule has 21 rings (SSSR count). The number of fused-ring (bicyclic) bond motifs is 26. The van der Waals surface area contributed by atoms with E-state index in [0.29, 0.717) is 0 Å². The molecule has 0 aliphatic heterocycles. The highest BCUT2D eigenvalue weighted by Gasteiger charge is 2.46. The molecule has 0 fully saturated rings. The highest BCUT2D eigenvalue weighted by molar-refractivity contribution is 6.33. The van der Waals surface area contributed by atoms with E-state index in [-0.39, 0.29) is 21.7 Å². The van der Waals surface area contributed by atoms with Crippen molar-refractivity contribution < 1.29 is 17.7 Å². The molecule has 4 aliphatic carbocycles. The molecule has 13 aromatic carbocycles. The van der Waals surface area contributed by atoms with Crippen LogP contribution in [-0.2, 0) is 21.7 Å². The van der Waals surface area contributed by atoms with Crippen molar-refractivity contribution >= 4 is 87.8 Å². The lowest BCUT2D eigenvalue weighted by molar-refractivity contribution is 0.398. The normalized spacial score (nSPS) is 14.8. The standard InChI is InChI=1S/C118H118O4/c1-9-13-17-21-25-37-61-117(62-38-26-22-18-14-10-2)95-45-33-29-41-81(95)87-57-51-77(67-101(87)117)75-49-55-83-85-59-53-79(69-99(85)115(5,6)97(83)65-75)91-71-107-109(111-89-43-31-35-47-103(89)121-113(91)111)93-73-106-94(74-105(93)119-107)110-108(120-106)72-92(114-112(110)90-44-32-36-48-104(90)122-114)80-54-60-86-84-56-50-76(66-98(84)116(7,8)100(86)70-80)78-52-58-88-82-42-30-34-46-96(82)118(102(88)68-78,63-39-27-23-19-15-11-3)64-40-28-24-20-16-12-4/h29-36,41-60,65-74H,9-28,37-40,61-64H2,1-8H3. The van der Waals surface area contributed by atoms with Crippen molar-refractivity contribution in [1.29, 1.82) is 0 Å². The first kappa shape index (κ1) is 78.3. The molecule has 0 bridgehead atoms. The molecule has 4 heterocycles. The predicted molar refractivity (Wildman–Crippen MR) is 517 cm³/mol. The van der Waals surface area contributed by atoms with Gasteiger partial charge in [0.1, 0.15) is 44.7 Å². The van der Waals surface area contributed by atoms with Gasteiger partial charge in [-0.15, -0.1) is 0 Å². The Balaban J connectivity index is 0.613. The van der Waals surface area contributed by atoms with E-state index in [9.17, 15) is 0 Å². The second kappa shape index (κ2) is 31.7. The molecule has 0 saturated heterocycles. The van der Waals surface area contributed by atoms with E-state index in [2.05, 4.69) is 286 Å². The lowest BCUT2D eigenvalue weighted by Gasteiger charge is -2.33. The van der Waals surface area contributed by atoms with E-state index in [1.807, 2.05) is 0 Å². The molecular weight excluding hydrogens is 1480 g/mol. The minimum atomic E-state index is -0.286. The van der Waals surface area contributed by atoms with Crippen LogP contribution in [0.1, 0.15) is 280 Å². The van der Waals surface area contributed by atoms with Crippen LogP contribution in [0.3, 0.4) is 0 Å². The number of benzene rings is 13. The first-order valence-corrected chi connectivity index (χ1v) is 47.4. The third-order valence-corrected chi connectivity index (χ3v) is 30.3. The summed E-state index contributed by atoms with van der Waals surface area (Å²) in [5, 5.41) is 8.24. The molecule has 122 heavy (non-hydrogen) atoms.